The smallest absolute Gasteiger partial charge is 0.334 e. The zero-order valence-electron chi connectivity index (χ0n) is 9.69. The normalized spacial score (nSPS) is 10.1. The molecule has 20 heavy (non-hydrogen) atoms. The second kappa shape index (κ2) is 5.45. The second-order valence-corrected chi connectivity index (χ2v) is 3.91. The van der Waals surface area contributed by atoms with Crippen molar-refractivity contribution < 1.29 is 9.85 Å². The zero-order chi connectivity index (χ0) is 14.7. The van der Waals surface area contributed by atoms with Crippen LogP contribution in [-0.4, -0.2) is 19.8 Å². The molecule has 0 saturated carbocycles. The molecule has 2 aromatic rings. The van der Waals surface area contributed by atoms with Crippen molar-refractivity contribution in [2.45, 2.75) is 0 Å². The van der Waals surface area contributed by atoms with Crippen LogP contribution in [0, 0.1) is 20.2 Å². The maximum atomic E-state index is 10.9. The van der Waals surface area contributed by atoms with E-state index in [2.05, 4.69) is 15.3 Å². The highest BCUT2D eigenvalue weighted by molar-refractivity contribution is 6.31. The number of hydrogen-bond donors (Lipinski definition) is 1. The Morgan fingerprint density at radius 2 is 1.90 bits per heavy atom. The minimum absolute atomic E-state index is 0.143. The van der Waals surface area contributed by atoms with Gasteiger partial charge in [0.05, 0.1) is 9.85 Å². The van der Waals surface area contributed by atoms with E-state index in [4.69, 9.17) is 11.6 Å². The molecule has 9 nitrogen and oxygen atoms in total. The maximum Gasteiger partial charge on any atom is 0.348 e. The standard InChI is InChI=1S/C10H6ClN5O4/c11-9-8(16(19)20)10(13-5-12-9)14-6-2-1-3-7(4-6)15(17)18/h1-5H,(H,12,13,14). The number of nitrogens with zero attached hydrogens (tertiary/aromatic N) is 4. The monoisotopic (exact) mass is 295 g/mol. The minimum Gasteiger partial charge on any atom is -0.334 e. The van der Waals surface area contributed by atoms with Crippen LogP contribution in [0.25, 0.3) is 0 Å². The molecule has 0 radical (unpaired) electrons. The SMILES string of the molecule is O=[N+]([O-])c1cccc(Nc2ncnc(Cl)c2[N+](=O)[O-])c1. The number of anilines is 2. The van der Waals surface area contributed by atoms with Gasteiger partial charge in [0.25, 0.3) is 5.69 Å². The number of nitro benzene ring substituents is 1. The minimum atomic E-state index is -0.734. The number of benzene rings is 1. The first-order valence-electron chi connectivity index (χ1n) is 5.15. The van der Waals surface area contributed by atoms with Crippen molar-refractivity contribution in [3.05, 3.63) is 56.0 Å². The number of nitro groups is 2. The Hall–Kier alpha value is -2.81. The van der Waals surface area contributed by atoms with Crippen molar-refractivity contribution in [2.24, 2.45) is 0 Å². The van der Waals surface area contributed by atoms with E-state index in [1.807, 2.05) is 0 Å². The summed E-state index contributed by atoms with van der Waals surface area (Å²) in [6, 6.07) is 5.47. The largest absolute Gasteiger partial charge is 0.348 e. The lowest BCUT2D eigenvalue weighted by Gasteiger charge is -2.06. The van der Waals surface area contributed by atoms with Crippen LogP contribution in [0.15, 0.2) is 30.6 Å². The molecule has 0 unspecified atom stereocenters. The molecule has 0 bridgehead atoms. The lowest BCUT2D eigenvalue weighted by molar-refractivity contribution is -0.384. The molecule has 2 rings (SSSR count). The summed E-state index contributed by atoms with van der Waals surface area (Å²) < 4.78 is 0. The average molecular weight is 296 g/mol. The van der Waals surface area contributed by atoms with Gasteiger partial charge < -0.3 is 5.32 Å². The number of halogens is 1. The molecule has 0 spiro atoms. The molecule has 1 heterocycles. The van der Waals surface area contributed by atoms with Crippen molar-refractivity contribution in [1.29, 1.82) is 0 Å². The Kier molecular flexibility index (Phi) is 3.71. The van der Waals surface area contributed by atoms with E-state index in [0.29, 0.717) is 0 Å². The van der Waals surface area contributed by atoms with Crippen molar-refractivity contribution in [3.63, 3.8) is 0 Å². The lowest BCUT2D eigenvalue weighted by Crippen LogP contribution is -2.01. The second-order valence-electron chi connectivity index (χ2n) is 3.55. The molecule has 1 aromatic heterocycles. The third-order valence-corrected chi connectivity index (χ3v) is 2.56. The van der Waals surface area contributed by atoms with Gasteiger partial charge in [-0.05, 0) is 6.07 Å². The van der Waals surface area contributed by atoms with Crippen LogP contribution in [0.2, 0.25) is 5.15 Å². The molecule has 0 aliphatic rings. The molecule has 0 saturated heterocycles. The van der Waals surface area contributed by atoms with E-state index >= 15 is 0 Å². The molecule has 0 atom stereocenters. The Bertz CT molecular complexity index is 693. The molecule has 1 aromatic carbocycles. The molecule has 0 aliphatic carbocycles. The first-order chi connectivity index (χ1) is 9.49. The van der Waals surface area contributed by atoms with E-state index < -0.39 is 15.5 Å². The summed E-state index contributed by atoms with van der Waals surface area (Å²) in [7, 11) is 0. The van der Waals surface area contributed by atoms with Gasteiger partial charge in [-0.3, -0.25) is 20.2 Å². The van der Waals surface area contributed by atoms with Crippen molar-refractivity contribution >= 4 is 34.5 Å². The molecule has 0 amide bonds. The van der Waals surface area contributed by atoms with E-state index in [-0.39, 0.29) is 22.3 Å². The summed E-state index contributed by atoms with van der Waals surface area (Å²) in [5.74, 6) is -0.143. The van der Waals surface area contributed by atoms with E-state index in [1.165, 1.54) is 24.3 Å². The van der Waals surface area contributed by atoms with Crippen molar-refractivity contribution in [2.75, 3.05) is 5.32 Å². The molecule has 10 heteroatoms. The topological polar surface area (TPSA) is 124 Å². The van der Waals surface area contributed by atoms with Crippen molar-refractivity contribution in [3.8, 4) is 0 Å². The highest BCUT2D eigenvalue weighted by Gasteiger charge is 2.21. The Morgan fingerprint density at radius 1 is 1.15 bits per heavy atom. The predicted octanol–water partition coefficient (Wildman–Crippen LogP) is 2.69. The number of nitrogens with one attached hydrogen (secondary N) is 1. The zero-order valence-corrected chi connectivity index (χ0v) is 10.4. The van der Waals surface area contributed by atoms with Crippen LogP contribution in [0.5, 0.6) is 0 Å². The van der Waals surface area contributed by atoms with E-state index in [9.17, 15) is 20.2 Å². The molecule has 0 fully saturated rings. The summed E-state index contributed by atoms with van der Waals surface area (Å²) >= 11 is 5.63. The van der Waals surface area contributed by atoms with E-state index in [1.54, 1.807) is 0 Å². The van der Waals surface area contributed by atoms with Crippen LogP contribution in [-0.2, 0) is 0 Å². The van der Waals surface area contributed by atoms with Crippen LogP contribution < -0.4 is 5.32 Å². The third-order valence-electron chi connectivity index (χ3n) is 2.28. The maximum absolute atomic E-state index is 10.9. The van der Waals surface area contributed by atoms with Gasteiger partial charge in [-0.1, -0.05) is 17.7 Å². The summed E-state index contributed by atoms with van der Waals surface area (Å²) in [4.78, 5) is 27.5. The van der Waals surface area contributed by atoms with Gasteiger partial charge in [0.1, 0.15) is 6.33 Å². The first-order valence-corrected chi connectivity index (χ1v) is 5.53. The summed E-state index contributed by atoms with van der Waals surface area (Å²) in [6.07, 6.45) is 1.05. The van der Waals surface area contributed by atoms with Gasteiger partial charge in [0.2, 0.25) is 11.0 Å². The van der Waals surface area contributed by atoms with Gasteiger partial charge in [0.15, 0.2) is 0 Å². The Labute approximate surface area is 116 Å². The Morgan fingerprint density at radius 3 is 2.55 bits per heavy atom. The fourth-order valence-corrected chi connectivity index (χ4v) is 1.65. The van der Waals surface area contributed by atoms with Crippen LogP contribution >= 0.6 is 11.6 Å². The van der Waals surface area contributed by atoms with Gasteiger partial charge in [-0.15, -0.1) is 0 Å². The fraction of sp³-hybridized carbons (Fsp3) is 0. The van der Waals surface area contributed by atoms with Gasteiger partial charge >= 0.3 is 5.69 Å². The predicted molar refractivity (Wildman–Crippen MR) is 70.1 cm³/mol. The summed E-state index contributed by atoms with van der Waals surface area (Å²) in [5, 5.41) is 23.8. The fourth-order valence-electron chi connectivity index (χ4n) is 1.44. The van der Waals surface area contributed by atoms with Crippen LogP contribution in [0.1, 0.15) is 0 Å². The van der Waals surface area contributed by atoms with E-state index in [0.717, 1.165) is 6.33 Å². The van der Waals surface area contributed by atoms with Crippen molar-refractivity contribution in [1.82, 2.24) is 9.97 Å². The van der Waals surface area contributed by atoms with Crippen LogP contribution in [0.3, 0.4) is 0 Å². The molecule has 0 aliphatic heterocycles. The Balaban J connectivity index is 2.40. The van der Waals surface area contributed by atoms with Gasteiger partial charge in [0, 0.05) is 17.8 Å². The first kappa shape index (κ1) is 13.6. The van der Waals surface area contributed by atoms with Gasteiger partial charge in [-0.25, -0.2) is 9.97 Å². The molecular weight excluding hydrogens is 290 g/mol. The molecular formula is C10H6ClN5O4. The number of aromatic nitrogens is 2. The summed E-state index contributed by atoms with van der Waals surface area (Å²) in [5.41, 5.74) is -0.379. The summed E-state index contributed by atoms with van der Waals surface area (Å²) in [6.45, 7) is 0. The molecule has 1 N–H and O–H groups in total. The number of hydrogen-bond acceptors (Lipinski definition) is 7. The van der Waals surface area contributed by atoms with Gasteiger partial charge in [-0.2, -0.15) is 0 Å². The highest BCUT2D eigenvalue weighted by Crippen LogP contribution is 2.31. The van der Waals surface area contributed by atoms with Crippen LogP contribution in [0.4, 0.5) is 22.9 Å². The quantitative estimate of drug-likeness (QED) is 0.522. The number of non-ortho nitro benzene ring substituents is 1. The lowest BCUT2D eigenvalue weighted by atomic mass is 10.3. The molecule has 102 valence electrons. The highest BCUT2D eigenvalue weighted by atomic mass is 35.5. The average Bonchev–Trinajstić information content (AvgIpc) is 2.38. The number of rotatable bonds is 4. The third kappa shape index (κ3) is 2.78.